The van der Waals surface area contributed by atoms with Crippen molar-refractivity contribution < 1.29 is 52.2 Å². The molecule has 0 atom stereocenters. The number of anilines is 3. The average molecular weight is 1180 g/mol. The van der Waals surface area contributed by atoms with Crippen molar-refractivity contribution in [1.82, 2.24) is 30.7 Å². The number of hydrogen-bond acceptors (Lipinski definition) is 12. The maximum atomic E-state index is 13.6. The molecule has 0 saturated carbocycles. The van der Waals surface area contributed by atoms with Crippen LogP contribution in [0.15, 0.2) is 128 Å². The first-order valence-corrected chi connectivity index (χ1v) is 28.2. The number of imide groups is 1. The predicted molar refractivity (Wildman–Crippen MR) is 327 cm³/mol. The highest BCUT2D eigenvalue weighted by Gasteiger charge is 2.34. The predicted octanol–water partition coefficient (Wildman–Crippen LogP) is 7.49. The highest BCUT2D eigenvalue weighted by molar-refractivity contribution is 6.13. The van der Waals surface area contributed by atoms with Crippen molar-refractivity contribution in [2.24, 2.45) is 22.8 Å². The summed E-state index contributed by atoms with van der Waals surface area (Å²) < 4.78 is 24.8. The molecule has 9 N–H and O–H groups in total. The number of benzene rings is 4. The number of amides is 10. The van der Waals surface area contributed by atoms with Crippen LogP contribution in [-0.4, -0.2) is 127 Å². The van der Waals surface area contributed by atoms with Gasteiger partial charge in [-0.05, 0) is 135 Å². The maximum absolute atomic E-state index is 13.6. The van der Waals surface area contributed by atoms with Crippen molar-refractivity contribution >= 4 is 64.8 Å². The van der Waals surface area contributed by atoms with Gasteiger partial charge in [-0.25, -0.2) is 18.8 Å². The third kappa shape index (κ3) is 23.2. The van der Waals surface area contributed by atoms with Crippen LogP contribution in [0.2, 0.25) is 0 Å². The van der Waals surface area contributed by atoms with Crippen LogP contribution in [0.1, 0.15) is 83.6 Å². The molecule has 4 aromatic carbocycles. The molecular formula is C64H78FN11O10. The fraction of sp³-hybridized carbons (Fsp3) is 0.359. The van der Waals surface area contributed by atoms with Crippen LogP contribution in [0.25, 0.3) is 11.1 Å². The monoisotopic (exact) mass is 1180 g/mol. The molecule has 0 spiro atoms. The summed E-state index contributed by atoms with van der Waals surface area (Å²) in [6.07, 6.45) is 7.49. The maximum Gasteiger partial charge on any atom is 0.410 e. The molecule has 22 heteroatoms. The number of nitrogens with zero attached hydrogens (tertiary/aromatic N) is 4. The summed E-state index contributed by atoms with van der Waals surface area (Å²) in [6, 6.07) is 29.7. The van der Waals surface area contributed by atoms with Crippen LogP contribution in [-0.2, 0) is 46.5 Å². The highest BCUT2D eigenvalue weighted by Crippen LogP contribution is 2.29. The Morgan fingerprint density at radius 1 is 0.744 bits per heavy atom. The van der Waals surface area contributed by atoms with Crippen LogP contribution in [0, 0.1) is 29.0 Å². The summed E-state index contributed by atoms with van der Waals surface area (Å²) in [5.74, 6) is 4.56. The summed E-state index contributed by atoms with van der Waals surface area (Å²) in [5, 5.41) is 13.6. The summed E-state index contributed by atoms with van der Waals surface area (Å²) in [7, 11) is 0. The first kappa shape index (κ1) is 67.2. The van der Waals surface area contributed by atoms with Gasteiger partial charge in [-0.15, -0.1) is 0 Å². The number of aromatic nitrogens is 1. The summed E-state index contributed by atoms with van der Waals surface area (Å²) in [5.41, 5.74) is 15.6. The molecule has 0 bridgehead atoms. The molecule has 1 fully saturated rings. The van der Waals surface area contributed by atoms with Crippen molar-refractivity contribution in [3.05, 3.63) is 156 Å². The Bertz CT molecular complexity index is 3190. The van der Waals surface area contributed by atoms with E-state index in [9.17, 15) is 42.7 Å². The Kier molecular flexibility index (Phi) is 25.8. The molecule has 5 aromatic rings. The standard InChI is InChI=1S/C47H48FN7O5.C13H20N2O4.C4H10N2O/c1-33(2)28-44(56)51-31-45(57)52-40-15-8-36(9-16-40)32-60-47(59)55-26-24-54(25-27-55)42-18-11-37(12-19-42)43-20-17-41(29-38(43)10-5-34-6-13-39(48)14-7-34)53-46(58)50-23-21-35-4-3-22-49-30-35;1-12(2,11(14)18)8-19-13(3,4)7-15-9(16)5-6-10(15)17;1-2-3-6-4(5)7/h3-4,6-9,11-20,22,29-30,33H,21,23-28,31-32H2,1-2H3,(H,51,56)(H,52,57)(H2,50,53,58);5-6H,7-8H2,1-4H3,(H2,14,18);2-3H2,1H3,(H3,5,6,7). The van der Waals surface area contributed by atoms with Gasteiger partial charge in [0.05, 0.1) is 30.7 Å². The van der Waals surface area contributed by atoms with E-state index in [0.29, 0.717) is 74.6 Å². The van der Waals surface area contributed by atoms with Gasteiger partial charge in [-0.1, -0.05) is 69.0 Å². The smallest absolute Gasteiger partial charge is 0.410 e. The van der Waals surface area contributed by atoms with Crippen LogP contribution >= 0.6 is 0 Å². The van der Waals surface area contributed by atoms with Crippen LogP contribution in [0.5, 0.6) is 0 Å². The van der Waals surface area contributed by atoms with E-state index >= 15 is 0 Å². The molecule has 10 amide bonds. The molecule has 1 saturated heterocycles. The average Bonchev–Trinajstić information content (AvgIpc) is 2.91. The number of primary amides is 2. The fourth-order valence-electron chi connectivity index (χ4n) is 8.15. The van der Waals surface area contributed by atoms with Gasteiger partial charge >= 0.3 is 18.2 Å². The number of carbonyl (C=O) groups is 8. The molecular weight excluding hydrogens is 1100 g/mol. The van der Waals surface area contributed by atoms with E-state index in [1.165, 1.54) is 24.3 Å². The lowest BCUT2D eigenvalue weighted by Gasteiger charge is -2.35. The lowest BCUT2D eigenvalue weighted by Crippen LogP contribution is -2.48. The van der Waals surface area contributed by atoms with Gasteiger partial charge in [0.1, 0.15) is 12.4 Å². The van der Waals surface area contributed by atoms with Crippen molar-refractivity contribution in [2.45, 2.75) is 79.9 Å². The lowest BCUT2D eigenvalue weighted by atomic mass is 9.93. The van der Waals surface area contributed by atoms with Gasteiger partial charge in [-0.3, -0.25) is 33.9 Å². The number of pyridine rings is 1. The second-order valence-corrected chi connectivity index (χ2v) is 21.9. The van der Waals surface area contributed by atoms with E-state index in [2.05, 4.69) is 48.3 Å². The fourth-order valence-corrected chi connectivity index (χ4v) is 8.15. The Hall–Kier alpha value is -9.62. The van der Waals surface area contributed by atoms with Crippen molar-refractivity contribution in [3.8, 4) is 23.0 Å². The van der Waals surface area contributed by atoms with Gasteiger partial charge in [0.2, 0.25) is 17.7 Å². The number of carbonyl (C=O) groups excluding carboxylic acids is 8. The van der Waals surface area contributed by atoms with E-state index < -0.39 is 29.0 Å². The van der Waals surface area contributed by atoms with Crippen molar-refractivity contribution in [2.75, 3.05) is 74.5 Å². The molecule has 2 aliphatic rings. The van der Waals surface area contributed by atoms with Crippen LogP contribution < -0.4 is 43.0 Å². The number of hydrogen-bond donors (Lipinski definition) is 7. The molecule has 2 aliphatic heterocycles. The van der Waals surface area contributed by atoms with E-state index in [1.807, 2.05) is 75.4 Å². The van der Waals surface area contributed by atoms with E-state index in [-0.39, 0.29) is 67.7 Å². The molecule has 0 aliphatic carbocycles. The van der Waals surface area contributed by atoms with Gasteiger partial charge in [0.25, 0.3) is 11.8 Å². The Morgan fingerprint density at radius 3 is 2.00 bits per heavy atom. The van der Waals surface area contributed by atoms with Crippen molar-refractivity contribution in [1.29, 1.82) is 0 Å². The summed E-state index contributed by atoms with van der Waals surface area (Å²) >= 11 is 0. The van der Waals surface area contributed by atoms with Crippen LogP contribution in [0.3, 0.4) is 0 Å². The topological polar surface area (TPSA) is 290 Å². The zero-order valence-corrected chi connectivity index (χ0v) is 49.8. The Labute approximate surface area is 501 Å². The Morgan fingerprint density at radius 2 is 1.41 bits per heavy atom. The molecule has 1 aromatic heterocycles. The van der Waals surface area contributed by atoms with E-state index in [4.69, 9.17) is 20.9 Å². The third-order valence-corrected chi connectivity index (χ3v) is 13.1. The third-order valence-electron chi connectivity index (χ3n) is 13.1. The second kappa shape index (κ2) is 33.0. The zero-order chi connectivity index (χ0) is 62.8. The summed E-state index contributed by atoms with van der Waals surface area (Å²) in [4.78, 5) is 103. The largest absolute Gasteiger partial charge is 0.445 e. The number of nitrogens with one attached hydrogen (secondary N) is 5. The first-order chi connectivity index (χ1) is 40.9. The van der Waals surface area contributed by atoms with Crippen molar-refractivity contribution in [3.63, 3.8) is 0 Å². The number of rotatable bonds is 21. The van der Waals surface area contributed by atoms with Crippen LogP contribution in [0.4, 0.5) is 35.8 Å². The quantitative estimate of drug-likeness (QED) is 0.0278. The molecule has 86 heavy (non-hydrogen) atoms. The number of urea groups is 2. The lowest BCUT2D eigenvalue weighted by molar-refractivity contribution is -0.146. The highest BCUT2D eigenvalue weighted by atomic mass is 19.1. The number of halogens is 1. The van der Waals surface area contributed by atoms with Gasteiger partial charge in [0.15, 0.2) is 0 Å². The molecule has 0 unspecified atom stereocenters. The SMILES string of the molecule is CC(C)(CN1C(=O)C=CC1=O)OCC(C)(C)C(N)=O.CC(C)CC(=O)NCC(=O)Nc1ccc(COC(=O)N2CCN(c3ccc(-c4ccc(NC(=O)NCCc5cccnc5)cc4C#Cc4ccc(F)cc4)cc3)CC2)cc1.CCCNC(N)=O. The number of piperazine rings is 1. The first-order valence-electron chi connectivity index (χ1n) is 28.2. The normalized spacial score (nSPS) is 12.8. The zero-order valence-electron chi connectivity index (χ0n) is 49.8. The van der Waals surface area contributed by atoms with Gasteiger partial charge < -0.3 is 57.3 Å². The second-order valence-electron chi connectivity index (χ2n) is 21.9. The summed E-state index contributed by atoms with van der Waals surface area (Å²) in [6.45, 7) is 16.3. The van der Waals surface area contributed by atoms with Gasteiger partial charge in [-0.2, -0.15) is 0 Å². The van der Waals surface area contributed by atoms with E-state index in [1.54, 1.807) is 81.4 Å². The molecule has 21 nitrogen and oxygen atoms in total. The molecule has 0 radical (unpaired) electrons. The number of ether oxygens (including phenoxy) is 2. The minimum Gasteiger partial charge on any atom is -0.445 e. The molecule has 456 valence electrons. The Balaban J connectivity index is 0.000000429. The van der Waals surface area contributed by atoms with Gasteiger partial charge in [0, 0.05) is 98.4 Å². The number of nitrogens with two attached hydrogens (primary N) is 2. The molecule has 7 rings (SSSR count). The molecule has 3 heterocycles. The van der Waals surface area contributed by atoms with E-state index in [0.717, 1.165) is 39.3 Å². The minimum absolute atomic E-state index is 0.0906. The minimum atomic E-state index is -0.797.